The first-order chi connectivity index (χ1) is 10.8. The standard InChI is InChI=1S/C14H18BrN3O4S/c1-23(21,22)18-6-2-3-10(9-18)14(20)17-16-8-11-7-12(15)4-5-13(11)19/h4-5,7-8,10,19H,2-3,6,9H2,1H3,(H,17,20)/b16-8-/t10-/m1/s1. The van der Waals surface area contributed by atoms with Crippen LogP contribution in [0.4, 0.5) is 0 Å². The average molecular weight is 404 g/mol. The molecule has 1 aliphatic heterocycles. The van der Waals surface area contributed by atoms with Crippen molar-refractivity contribution in [2.24, 2.45) is 11.0 Å². The van der Waals surface area contributed by atoms with Crippen LogP contribution in [0.3, 0.4) is 0 Å². The zero-order valence-corrected chi connectivity index (χ0v) is 15.0. The van der Waals surface area contributed by atoms with E-state index in [2.05, 4.69) is 26.5 Å². The van der Waals surface area contributed by atoms with Crippen molar-refractivity contribution >= 4 is 38.1 Å². The molecule has 2 N–H and O–H groups in total. The van der Waals surface area contributed by atoms with Crippen LogP contribution in [0.25, 0.3) is 0 Å². The normalized spacial score (nSPS) is 19.8. The molecule has 7 nitrogen and oxygen atoms in total. The molecule has 0 spiro atoms. The predicted octanol–water partition coefficient (Wildman–Crippen LogP) is 1.28. The van der Waals surface area contributed by atoms with E-state index in [1.54, 1.807) is 12.1 Å². The van der Waals surface area contributed by atoms with E-state index in [0.717, 1.165) is 10.7 Å². The summed E-state index contributed by atoms with van der Waals surface area (Å²) in [6, 6.07) is 4.86. The molecule has 1 fully saturated rings. The number of phenolic OH excluding ortho intramolecular Hbond substituents is 1. The van der Waals surface area contributed by atoms with E-state index < -0.39 is 15.9 Å². The Morgan fingerprint density at radius 1 is 1.52 bits per heavy atom. The SMILES string of the molecule is CS(=O)(=O)N1CCC[C@@H](C(=O)N/N=C\c2cc(Br)ccc2O)C1. The largest absolute Gasteiger partial charge is 0.507 e. The highest BCUT2D eigenvalue weighted by Gasteiger charge is 2.29. The molecular formula is C14H18BrN3O4S. The molecule has 1 saturated heterocycles. The first kappa shape index (κ1) is 17.9. The molecule has 0 radical (unpaired) electrons. The van der Waals surface area contributed by atoms with Gasteiger partial charge in [-0.15, -0.1) is 0 Å². The van der Waals surface area contributed by atoms with E-state index in [1.807, 2.05) is 0 Å². The summed E-state index contributed by atoms with van der Waals surface area (Å²) in [5.74, 6) is -0.706. The van der Waals surface area contributed by atoms with Gasteiger partial charge in [0.1, 0.15) is 5.75 Å². The maximum atomic E-state index is 12.1. The highest BCUT2D eigenvalue weighted by atomic mass is 79.9. The lowest BCUT2D eigenvalue weighted by molar-refractivity contribution is -0.126. The van der Waals surface area contributed by atoms with Crippen molar-refractivity contribution < 1.29 is 18.3 Å². The molecule has 0 aromatic heterocycles. The minimum absolute atomic E-state index is 0.0483. The van der Waals surface area contributed by atoms with E-state index in [9.17, 15) is 18.3 Å². The van der Waals surface area contributed by atoms with Crippen molar-refractivity contribution in [1.29, 1.82) is 0 Å². The summed E-state index contributed by atoms with van der Waals surface area (Å²) < 4.78 is 25.2. The van der Waals surface area contributed by atoms with Crippen LogP contribution < -0.4 is 5.43 Å². The number of hydrogen-bond acceptors (Lipinski definition) is 5. The topological polar surface area (TPSA) is 99.1 Å². The maximum Gasteiger partial charge on any atom is 0.244 e. The molecule has 9 heteroatoms. The number of carbonyl (C=O) groups is 1. The number of sulfonamides is 1. The molecule has 126 valence electrons. The van der Waals surface area contributed by atoms with E-state index in [1.165, 1.54) is 16.6 Å². The molecule has 1 heterocycles. The Balaban J connectivity index is 1.96. The van der Waals surface area contributed by atoms with Crippen LogP contribution in [0.2, 0.25) is 0 Å². The molecule has 1 aromatic carbocycles. The van der Waals surface area contributed by atoms with Crippen molar-refractivity contribution in [3.05, 3.63) is 28.2 Å². The average Bonchev–Trinajstić information content (AvgIpc) is 2.50. The molecule has 0 bridgehead atoms. The Kier molecular flexibility index (Phi) is 5.77. The van der Waals surface area contributed by atoms with Gasteiger partial charge in [0.15, 0.2) is 0 Å². The quantitative estimate of drug-likeness (QED) is 0.583. The van der Waals surface area contributed by atoms with Gasteiger partial charge in [-0.2, -0.15) is 5.10 Å². The minimum atomic E-state index is -3.29. The number of phenols is 1. The number of hydrazone groups is 1. The lowest BCUT2D eigenvalue weighted by Gasteiger charge is -2.29. The molecule has 23 heavy (non-hydrogen) atoms. The zero-order valence-electron chi connectivity index (χ0n) is 12.6. The van der Waals surface area contributed by atoms with E-state index in [0.29, 0.717) is 24.9 Å². The van der Waals surface area contributed by atoms with Crippen LogP contribution in [0.5, 0.6) is 5.75 Å². The lowest BCUT2D eigenvalue weighted by atomic mass is 9.99. The number of piperidine rings is 1. The highest BCUT2D eigenvalue weighted by molar-refractivity contribution is 9.10. The number of benzene rings is 1. The van der Waals surface area contributed by atoms with Gasteiger partial charge in [-0.1, -0.05) is 15.9 Å². The van der Waals surface area contributed by atoms with Crippen molar-refractivity contribution in [2.75, 3.05) is 19.3 Å². The number of hydrogen-bond donors (Lipinski definition) is 2. The van der Waals surface area contributed by atoms with Crippen LogP contribution >= 0.6 is 15.9 Å². The zero-order chi connectivity index (χ0) is 17.0. The van der Waals surface area contributed by atoms with Gasteiger partial charge in [0, 0.05) is 23.1 Å². The van der Waals surface area contributed by atoms with Crippen molar-refractivity contribution in [2.45, 2.75) is 12.8 Å². The fourth-order valence-corrected chi connectivity index (χ4v) is 3.63. The molecule has 0 aliphatic carbocycles. The van der Waals surface area contributed by atoms with Crippen LogP contribution in [-0.4, -0.2) is 49.3 Å². The van der Waals surface area contributed by atoms with Gasteiger partial charge in [0.05, 0.1) is 18.4 Å². The van der Waals surface area contributed by atoms with Crippen molar-refractivity contribution in [3.63, 3.8) is 0 Å². The molecule has 2 rings (SSSR count). The van der Waals surface area contributed by atoms with Crippen LogP contribution in [-0.2, 0) is 14.8 Å². The second kappa shape index (κ2) is 7.41. The molecule has 1 aliphatic rings. The second-order valence-electron chi connectivity index (χ2n) is 5.40. The Hall–Kier alpha value is -1.45. The fraction of sp³-hybridized carbons (Fsp3) is 0.429. The first-order valence-electron chi connectivity index (χ1n) is 7.04. The van der Waals surface area contributed by atoms with Crippen LogP contribution in [0.1, 0.15) is 18.4 Å². The minimum Gasteiger partial charge on any atom is -0.507 e. The smallest absolute Gasteiger partial charge is 0.244 e. The van der Waals surface area contributed by atoms with Gasteiger partial charge in [0.2, 0.25) is 15.9 Å². The summed E-state index contributed by atoms with van der Waals surface area (Å²) in [4.78, 5) is 12.1. The molecule has 0 unspecified atom stereocenters. The van der Waals surface area contributed by atoms with E-state index >= 15 is 0 Å². The number of rotatable bonds is 4. The Morgan fingerprint density at radius 3 is 2.96 bits per heavy atom. The lowest BCUT2D eigenvalue weighted by Crippen LogP contribution is -2.44. The maximum absolute atomic E-state index is 12.1. The summed E-state index contributed by atoms with van der Waals surface area (Å²) in [7, 11) is -3.29. The number of amides is 1. The molecule has 1 amide bonds. The summed E-state index contributed by atoms with van der Waals surface area (Å²) in [6.07, 6.45) is 3.74. The molecule has 1 aromatic rings. The number of carbonyl (C=O) groups excluding carboxylic acids is 1. The van der Waals surface area contributed by atoms with E-state index in [-0.39, 0.29) is 18.2 Å². The highest BCUT2D eigenvalue weighted by Crippen LogP contribution is 2.20. The third-order valence-corrected chi connectivity index (χ3v) is 5.35. The number of nitrogens with zero attached hydrogens (tertiary/aromatic N) is 2. The third-order valence-electron chi connectivity index (χ3n) is 3.59. The predicted molar refractivity (Wildman–Crippen MR) is 90.7 cm³/mol. The van der Waals surface area contributed by atoms with Crippen LogP contribution in [0.15, 0.2) is 27.8 Å². The number of halogens is 1. The van der Waals surface area contributed by atoms with E-state index in [4.69, 9.17) is 0 Å². The first-order valence-corrected chi connectivity index (χ1v) is 9.68. The van der Waals surface area contributed by atoms with Gasteiger partial charge in [-0.25, -0.2) is 18.1 Å². The third kappa shape index (κ3) is 5.02. The van der Waals surface area contributed by atoms with Crippen molar-refractivity contribution in [1.82, 2.24) is 9.73 Å². The van der Waals surface area contributed by atoms with Gasteiger partial charge in [-0.3, -0.25) is 4.79 Å². The van der Waals surface area contributed by atoms with Gasteiger partial charge < -0.3 is 5.11 Å². The summed E-state index contributed by atoms with van der Waals surface area (Å²) in [6.45, 7) is 0.611. The summed E-state index contributed by atoms with van der Waals surface area (Å²) in [5, 5.41) is 13.5. The summed E-state index contributed by atoms with van der Waals surface area (Å²) in [5.41, 5.74) is 2.86. The second-order valence-corrected chi connectivity index (χ2v) is 8.30. The number of aromatic hydroxyl groups is 1. The monoisotopic (exact) mass is 403 g/mol. The van der Waals surface area contributed by atoms with Crippen LogP contribution in [0, 0.1) is 5.92 Å². The fourth-order valence-electron chi connectivity index (χ4n) is 2.34. The molecular weight excluding hydrogens is 386 g/mol. The summed E-state index contributed by atoms with van der Waals surface area (Å²) >= 11 is 3.28. The Labute approximate surface area is 143 Å². The Morgan fingerprint density at radius 2 is 2.26 bits per heavy atom. The Bertz CT molecular complexity index is 721. The molecule has 0 saturated carbocycles. The van der Waals surface area contributed by atoms with Gasteiger partial charge >= 0.3 is 0 Å². The van der Waals surface area contributed by atoms with Gasteiger partial charge in [0.25, 0.3) is 0 Å². The molecule has 1 atom stereocenters. The number of nitrogens with one attached hydrogen (secondary N) is 1. The van der Waals surface area contributed by atoms with Gasteiger partial charge in [-0.05, 0) is 31.0 Å². The van der Waals surface area contributed by atoms with Crippen molar-refractivity contribution in [3.8, 4) is 5.75 Å².